The lowest BCUT2D eigenvalue weighted by molar-refractivity contribution is -0.160. The van der Waals surface area contributed by atoms with Crippen LogP contribution < -0.4 is 10.2 Å². The molecule has 0 bridgehead atoms. The van der Waals surface area contributed by atoms with E-state index < -0.39 is 30.2 Å². The first kappa shape index (κ1) is 21.3. The van der Waals surface area contributed by atoms with Crippen LogP contribution in [0.2, 0.25) is 0 Å². The molecule has 0 radical (unpaired) electrons. The van der Waals surface area contributed by atoms with Gasteiger partial charge in [-0.1, -0.05) is 19.1 Å². The van der Waals surface area contributed by atoms with Gasteiger partial charge < -0.3 is 14.4 Å². The molecule has 2 aliphatic heterocycles. The SMILES string of the molecule is CCCN1C(=O)c2ccccc2N2C(=O)CC[C@@]12C(=O)OCC(=O)NC(=O)OCC. The maximum atomic E-state index is 13.2. The molecule has 10 heteroatoms. The molecule has 2 heterocycles. The van der Waals surface area contributed by atoms with Gasteiger partial charge in [0.05, 0.1) is 17.9 Å². The number of hydrogen-bond acceptors (Lipinski definition) is 7. The molecule has 1 aromatic rings. The fourth-order valence-corrected chi connectivity index (χ4v) is 3.84. The van der Waals surface area contributed by atoms with Crippen molar-refractivity contribution >= 4 is 35.5 Å². The van der Waals surface area contributed by atoms with Gasteiger partial charge in [-0.2, -0.15) is 0 Å². The summed E-state index contributed by atoms with van der Waals surface area (Å²) in [5.74, 6) is -2.47. The molecule has 10 nitrogen and oxygen atoms in total. The Hall–Kier alpha value is -3.43. The fraction of sp³-hybridized carbons (Fsp3) is 0.450. The van der Waals surface area contributed by atoms with Crippen molar-refractivity contribution in [2.75, 3.05) is 24.7 Å². The minimum absolute atomic E-state index is 0.0459. The third kappa shape index (κ3) is 3.49. The van der Waals surface area contributed by atoms with E-state index in [9.17, 15) is 24.0 Å². The van der Waals surface area contributed by atoms with Crippen molar-refractivity contribution in [3.63, 3.8) is 0 Å². The van der Waals surface area contributed by atoms with Gasteiger partial charge in [-0.15, -0.1) is 0 Å². The lowest BCUT2D eigenvalue weighted by atomic mass is 9.96. The van der Waals surface area contributed by atoms with Crippen molar-refractivity contribution in [1.29, 1.82) is 0 Å². The van der Waals surface area contributed by atoms with Crippen LogP contribution in [0.4, 0.5) is 10.5 Å². The third-order valence-electron chi connectivity index (χ3n) is 5.00. The van der Waals surface area contributed by atoms with Gasteiger partial charge in [0.25, 0.3) is 11.8 Å². The minimum atomic E-state index is -1.66. The number of para-hydroxylation sites is 1. The molecular weight excluding hydrogens is 394 g/mol. The number of amides is 4. The average molecular weight is 417 g/mol. The molecule has 1 fully saturated rings. The number of ether oxygens (including phenoxy) is 2. The van der Waals surface area contributed by atoms with Crippen molar-refractivity contribution in [2.45, 2.75) is 38.8 Å². The Kier molecular flexibility index (Phi) is 6.04. The topological polar surface area (TPSA) is 122 Å². The van der Waals surface area contributed by atoms with E-state index in [0.29, 0.717) is 17.7 Å². The number of anilines is 1. The number of benzene rings is 1. The molecule has 0 spiro atoms. The Bertz CT molecular complexity index is 900. The highest BCUT2D eigenvalue weighted by Crippen LogP contribution is 2.45. The number of nitrogens with zero attached hydrogens (tertiary/aromatic N) is 2. The van der Waals surface area contributed by atoms with Crippen LogP contribution in [0.5, 0.6) is 0 Å². The van der Waals surface area contributed by atoms with Crippen LogP contribution in [0.3, 0.4) is 0 Å². The summed E-state index contributed by atoms with van der Waals surface area (Å²) in [4.78, 5) is 65.0. The summed E-state index contributed by atoms with van der Waals surface area (Å²) in [5.41, 5.74) is -1.00. The number of nitrogens with one attached hydrogen (secondary N) is 1. The average Bonchev–Trinajstić information content (AvgIpc) is 3.08. The number of rotatable bonds is 6. The molecule has 3 rings (SSSR count). The zero-order valence-electron chi connectivity index (χ0n) is 16.8. The van der Waals surface area contributed by atoms with Crippen LogP contribution in [0.1, 0.15) is 43.5 Å². The molecule has 1 aromatic carbocycles. The van der Waals surface area contributed by atoms with Crippen molar-refractivity contribution in [2.24, 2.45) is 0 Å². The molecule has 4 amide bonds. The predicted octanol–water partition coefficient (Wildman–Crippen LogP) is 1.19. The number of imide groups is 1. The largest absolute Gasteiger partial charge is 0.452 e. The summed E-state index contributed by atoms with van der Waals surface area (Å²) < 4.78 is 9.77. The van der Waals surface area contributed by atoms with Gasteiger partial charge >= 0.3 is 12.1 Å². The van der Waals surface area contributed by atoms with Crippen LogP contribution in [0.15, 0.2) is 24.3 Å². The number of carbonyl (C=O) groups is 5. The predicted molar refractivity (Wildman–Crippen MR) is 103 cm³/mol. The van der Waals surface area contributed by atoms with Gasteiger partial charge in [0.2, 0.25) is 11.6 Å². The van der Waals surface area contributed by atoms with Gasteiger partial charge in [-0.05, 0) is 25.5 Å². The summed E-state index contributed by atoms with van der Waals surface area (Å²) in [6.45, 7) is 2.97. The minimum Gasteiger partial charge on any atom is -0.452 e. The smallest absolute Gasteiger partial charge is 0.413 e. The molecule has 30 heavy (non-hydrogen) atoms. The second-order valence-electron chi connectivity index (χ2n) is 6.86. The highest BCUT2D eigenvalue weighted by atomic mass is 16.6. The van der Waals surface area contributed by atoms with E-state index in [2.05, 4.69) is 4.74 Å². The van der Waals surface area contributed by atoms with E-state index in [-0.39, 0.29) is 37.8 Å². The lowest BCUT2D eigenvalue weighted by Gasteiger charge is -2.48. The number of hydrogen-bond donors (Lipinski definition) is 1. The van der Waals surface area contributed by atoms with Crippen molar-refractivity contribution in [3.8, 4) is 0 Å². The summed E-state index contributed by atoms with van der Waals surface area (Å²) in [7, 11) is 0. The van der Waals surface area contributed by atoms with E-state index in [1.165, 1.54) is 9.80 Å². The second kappa shape index (κ2) is 8.52. The van der Waals surface area contributed by atoms with E-state index in [0.717, 1.165) is 0 Å². The van der Waals surface area contributed by atoms with E-state index in [1.807, 2.05) is 12.2 Å². The highest BCUT2D eigenvalue weighted by molar-refractivity contribution is 6.15. The van der Waals surface area contributed by atoms with Crippen LogP contribution in [-0.4, -0.2) is 60.1 Å². The molecule has 0 aliphatic carbocycles. The lowest BCUT2D eigenvalue weighted by Crippen LogP contribution is -2.68. The first-order valence-electron chi connectivity index (χ1n) is 9.74. The third-order valence-corrected chi connectivity index (χ3v) is 5.00. The van der Waals surface area contributed by atoms with Gasteiger partial charge in [0, 0.05) is 19.4 Å². The van der Waals surface area contributed by atoms with Crippen molar-refractivity contribution in [1.82, 2.24) is 10.2 Å². The van der Waals surface area contributed by atoms with Crippen LogP contribution in [0, 0.1) is 0 Å². The molecule has 160 valence electrons. The Morgan fingerprint density at radius 2 is 1.87 bits per heavy atom. The maximum absolute atomic E-state index is 13.2. The van der Waals surface area contributed by atoms with Crippen LogP contribution in [-0.2, 0) is 23.9 Å². The number of alkyl carbamates (subject to hydrolysis) is 1. The monoisotopic (exact) mass is 417 g/mol. The van der Waals surface area contributed by atoms with Gasteiger partial charge in [0.15, 0.2) is 6.61 Å². The zero-order chi connectivity index (χ0) is 21.9. The Morgan fingerprint density at radius 3 is 2.57 bits per heavy atom. The second-order valence-corrected chi connectivity index (χ2v) is 6.86. The fourth-order valence-electron chi connectivity index (χ4n) is 3.84. The standard InChI is InChI=1S/C20H23N3O7/c1-3-11-22-17(26)13-7-5-6-8-14(13)23-16(25)9-10-20(22,23)18(27)30-12-15(24)21-19(28)29-4-2/h5-8H,3-4,9-12H2,1-2H3,(H,21,24,28)/t20-/m1/s1. The van der Waals surface area contributed by atoms with E-state index in [4.69, 9.17) is 4.74 Å². The summed E-state index contributed by atoms with van der Waals surface area (Å²) in [6, 6.07) is 6.58. The maximum Gasteiger partial charge on any atom is 0.413 e. The number of esters is 1. The van der Waals surface area contributed by atoms with Gasteiger partial charge in [-0.25, -0.2) is 9.59 Å². The Morgan fingerprint density at radius 1 is 1.13 bits per heavy atom. The molecular formula is C20H23N3O7. The number of carbonyl (C=O) groups excluding carboxylic acids is 5. The molecule has 2 aliphatic rings. The molecule has 1 N–H and O–H groups in total. The first-order valence-corrected chi connectivity index (χ1v) is 9.74. The van der Waals surface area contributed by atoms with E-state index >= 15 is 0 Å². The van der Waals surface area contributed by atoms with E-state index in [1.54, 1.807) is 31.2 Å². The first-order chi connectivity index (χ1) is 14.4. The van der Waals surface area contributed by atoms with Gasteiger partial charge in [0.1, 0.15) is 0 Å². The summed E-state index contributed by atoms with van der Waals surface area (Å²) in [6.07, 6.45) is -0.311. The molecule has 0 unspecified atom stereocenters. The molecule has 0 saturated carbocycles. The zero-order valence-corrected chi connectivity index (χ0v) is 16.8. The van der Waals surface area contributed by atoms with Gasteiger partial charge in [-0.3, -0.25) is 24.6 Å². The van der Waals surface area contributed by atoms with Crippen molar-refractivity contribution in [3.05, 3.63) is 29.8 Å². The highest BCUT2D eigenvalue weighted by Gasteiger charge is 2.61. The molecule has 1 saturated heterocycles. The van der Waals surface area contributed by atoms with Crippen LogP contribution in [0.25, 0.3) is 0 Å². The molecule has 0 aromatic heterocycles. The quantitative estimate of drug-likeness (QED) is 0.690. The molecule has 1 atom stereocenters. The number of fused-ring (bicyclic) bond motifs is 3. The summed E-state index contributed by atoms with van der Waals surface area (Å²) >= 11 is 0. The van der Waals surface area contributed by atoms with Crippen LogP contribution >= 0.6 is 0 Å². The Labute approximate surface area is 173 Å². The summed E-state index contributed by atoms with van der Waals surface area (Å²) in [5, 5.41) is 1.93. The Balaban J connectivity index is 1.90. The van der Waals surface area contributed by atoms with Crippen molar-refractivity contribution < 1.29 is 33.4 Å². The normalized spacial score (nSPS) is 19.8.